The fourth-order valence-electron chi connectivity index (χ4n) is 7.67. The summed E-state index contributed by atoms with van der Waals surface area (Å²) >= 11 is 0. The summed E-state index contributed by atoms with van der Waals surface area (Å²) in [7, 11) is 2.18. The van der Waals surface area contributed by atoms with Gasteiger partial charge in [0.1, 0.15) is 6.29 Å². The van der Waals surface area contributed by atoms with Crippen LogP contribution in [0.5, 0.6) is 0 Å². The topological polar surface area (TPSA) is 116 Å². The molecule has 0 spiro atoms. The van der Waals surface area contributed by atoms with Gasteiger partial charge in [-0.2, -0.15) is 19.3 Å². The molecule has 0 saturated heterocycles. The number of aliphatic hydroxyl groups excluding tert-OH is 2. The summed E-state index contributed by atoms with van der Waals surface area (Å²) < 4.78 is 0. The fourth-order valence-corrected chi connectivity index (χ4v) is 7.67. The van der Waals surface area contributed by atoms with E-state index in [4.69, 9.17) is 10.4 Å². The maximum absolute atomic E-state index is 12.1. The van der Waals surface area contributed by atoms with Crippen LogP contribution >= 0.6 is 0 Å². The minimum absolute atomic E-state index is 0. The van der Waals surface area contributed by atoms with Gasteiger partial charge in [-0.1, -0.05) is 64.2 Å². The third-order valence-corrected chi connectivity index (χ3v) is 10.7. The third kappa shape index (κ3) is 15.0. The maximum Gasteiger partial charge on any atom is 2.00 e. The molecule has 43 heavy (non-hydrogen) atoms. The first-order valence-corrected chi connectivity index (χ1v) is 17.0. The summed E-state index contributed by atoms with van der Waals surface area (Å²) in [6.45, 7) is 11.2. The number of carbonyl (C=O) groups excluding carboxylic acids is 2. The van der Waals surface area contributed by atoms with Gasteiger partial charge in [0, 0.05) is 25.0 Å². The predicted molar refractivity (Wildman–Crippen MR) is 170 cm³/mol. The van der Waals surface area contributed by atoms with E-state index >= 15 is 0 Å². The molecule has 0 radical (unpaired) electrons. The van der Waals surface area contributed by atoms with E-state index < -0.39 is 0 Å². The van der Waals surface area contributed by atoms with Crippen molar-refractivity contribution in [1.29, 1.82) is 0 Å². The van der Waals surface area contributed by atoms with Gasteiger partial charge in [-0.3, -0.25) is 10.1 Å². The summed E-state index contributed by atoms with van der Waals surface area (Å²) in [5.41, 5.74) is 0. The molecule has 8 heteroatoms. The molecule has 4 saturated carbocycles. The molecule has 4 N–H and O–H groups in total. The number of carbonyl (C=O) groups is 2. The number of aliphatic hydroxyl groups is 2. The molecule has 0 aromatic rings. The van der Waals surface area contributed by atoms with Crippen LogP contribution in [0.1, 0.15) is 124 Å². The van der Waals surface area contributed by atoms with Gasteiger partial charge >= 0.3 is 31.1 Å². The first kappa shape index (κ1) is 43.0. The van der Waals surface area contributed by atoms with Crippen molar-refractivity contribution in [3.63, 3.8) is 0 Å². The van der Waals surface area contributed by atoms with Gasteiger partial charge in [0.25, 0.3) is 0 Å². The summed E-state index contributed by atoms with van der Waals surface area (Å²) in [6, 6.07) is 0.247. The van der Waals surface area contributed by atoms with Gasteiger partial charge in [0.15, 0.2) is 0 Å². The van der Waals surface area contributed by atoms with E-state index in [0.717, 1.165) is 57.3 Å². The molecule has 0 aromatic carbocycles. The molecule has 7 nitrogen and oxygen atoms in total. The van der Waals surface area contributed by atoms with Crippen LogP contribution < -0.4 is 5.32 Å². The number of aldehydes is 1. The van der Waals surface area contributed by atoms with Crippen LogP contribution in [-0.2, 0) is 14.5 Å². The first-order chi connectivity index (χ1) is 20.3. The SMILES string of the molecule is CCC1CCC(C(=O)NC2CCC(C=O)C2)CC1.CO.COO.[CH2-]C1C(CC[CH-]C)CCCC1C(C)C(O)C1CCC1.[U+2]. The number of amides is 1. The molecule has 0 heterocycles. The number of hydrogen-bond donors (Lipinski definition) is 4. The van der Waals surface area contributed by atoms with Crippen molar-refractivity contribution in [2.45, 2.75) is 136 Å². The van der Waals surface area contributed by atoms with E-state index in [1.807, 2.05) is 0 Å². The van der Waals surface area contributed by atoms with Crippen LogP contribution in [0.2, 0.25) is 0 Å². The van der Waals surface area contributed by atoms with E-state index in [1.54, 1.807) is 0 Å². The van der Waals surface area contributed by atoms with Crippen molar-refractivity contribution in [3.05, 3.63) is 13.3 Å². The van der Waals surface area contributed by atoms with Crippen LogP contribution in [-0.4, -0.2) is 54.0 Å². The van der Waals surface area contributed by atoms with E-state index in [2.05, 4.69) is 44.3 Å². The molecule has 4 aliphatic rings. The van der Waals surface area contributed by atoms with Crippen molar-refractivity contribution in [1.82, 2.24) is 5.32 Å². The van der Waals surface area contributed by atoms with Crippen molar-refractivity contribution in [2.24, 2.45) is 47.3 Å². The average Bonchev–Trinajstić information content (AvgIpc) is 3.44. The fraction of sp³-hybridized carbons (Fsp3) is 0.886. The van der Waals surface area contributed by atoms with Gasteiger partial charge < -0.3 is 33.7 Å². The normalized spacial score (nSPS) is 31.5. The van der Waals surface area contributed by atoms with E-state index in [9.17, 15) is 14.7 Å². The molecule has 0 aromatic heterocycles. The Bertz CT molecular complexity index is 700. The standard InChI is InChI=1S/C18H32O.C15H25NO2.CH4O2.CH4O.U/c1-4-5-8-15-9-7-12-17(13(15)2)14(3)18(19)16-10-6-11-16;1-2-11-3-6-13(7-4-11)15(18)16-14-8-5-12(9-14)10-17;1-3-2;1-2;/h4,13-19H,2,5-12H2,1,3H3;10-14H,2-9H2,1H3,(H,16,18);2H,1H3;2H,1H3;/q-2;;;;+2. The van der Waals surface area contributed by atoms with E-state index in [-0.39, 0.29) is 61.0 Å². The molecule has 4 fully saturated rings. The summed E-state index contributed by atoms with van der Waals surface area (Å²) in [6.07, 6.45) is 22.1. The Balaban J connectivity index is 0.000000700. The summed E-state index contributed by atoms with van der Waals surface area (Å²) in [5.74, 6) is 4.48. The number of rotatable bonds is 10. The zero-order chi connectivity index (χ0) is 31.5. The zero-order valence-corrected chi connectivity index (χ0v) is 32.2. The van der Waals surface area contributed by atoms with Gasteiger partial charge in [-0.15, -0.1) is 0 Å². The number of nitrogens with one attached hydrogen (secondary N) is 1. The second-order valence-corrected chi connectivity index (χ2v) is 13.3. The quantitative estimate of drug-likeness (QED) is 0.0812. The Labute approximate surface area is 287 Å². The Morgan fingerprint density at radius 3 is 2.14 bits per heavy atom. The molecular weight excluding hydrogens is 768 g/mol. The molecular formula is C35H65NO6U. The van der Waals surface area contributed by atoms with Crippen LogP contribution in [0.25, 0.3) is 0 Å². The molecule has 1 amide bonds. The number of unbranched alkanes of at least 4 members (excludes halogenated alkanes) is 1. The maximum atomic E-state index is 12.1. The van der Waals surface area contributed by atoms with Gasteiger partial charge in [0.2, 0.25) is 5.91 Å². The summed E-state index contributed by atoms with van der Waals surface area (Å²) in [4.78, 5) is 26.1. The van der Waals surface area contributed by atoms with Gasteiger partial charge in [-0.25, -0.2) is 4.89 Å². The zero-order valence-electron chi connectivity index (χ0n) is 28.0. The molecule has 0 aliphatic heterocycles. The monoisotopic (exact) mass is 834 g/mol. The Morgan fingerprint density at radius 2 is 1.65 bits per heavy atom. The summed E-state index contributed by atoms with van der Waals surface area (Å²) in [5, 5.41) is 27.8. The first-order valence-electron chi connectivity index (χ1n) is 17.0. The van der Waals surface area contributed by atoms with Crippen LogP contribution in [0.4, 0.5) is 0 Å². The van der Waals surface area contributed by atoms with Crippen molar-refractivity contribution in [2.75, 3.05) is 14.2 Å². The average molecular weight is 834 g/mol. The van der Waals surface area contributed by atoms with Gasteiger partial charge in [-0.05, 0) is 75.5 Å². The Morgan fingerprint density at radius 1 is 1.05 bits per heavy atom. The van der Waals surface area contributed by atoms with Crippen LogP contribution in [0.3, 0.4) is 0 Å². The molecule has 7 atom stereocenters. The Hall–Kier alpha value is 0.0319. The molecule has 4 rings (SSSR count). The minimum Gasteiger partial charge on any atom is -0.400 e. The third-order valence-electron chi connectivity index (χ3n) is 10.7. The second kappa shape index (κ2) is 25.2. The molecule has 0 bridgehead atoms. The second-order valence-electron chi connectivity index (χ2n) is 13.3. The van der Waals surface area contributed by atoms with E-state index in [0.29, 0.717) is 23.7 Å². The van der Waals surface area contributed by atoms with Crippen LogP contribution in [0.15, 0.2) is 0 Å². The largest absolute Gasteiger partial charge is 2.00 e. The van der Waals surface area contributed by atoms with Crippen molar-refractivity contribution in [3.8, 4) is 0 Å². The predicted octanol–water partition coefficient (Wildman–Crippen LogP) is 7.06. The smallest absolute Gasteiger partial charge is 0.400 e. The molecule has 7 unspecified atom stereocenters. The molecule has 250 valence electrons. The van der Waals surface area contributed by atoms with Crippen molar-refractivity contribution < 1.29 is 61.1 Å². The number of hydrogen-bond acceptors (Lipinski definition) is 6. The van der Waals surface area contributed by atoms with Crippen LogP contribution in [0, 0.1) is 91.8 Å². The van der Waals surface area contributed by atoms with Gasteiger partial charge in [0.05, 0.1) is 13.2 Å². The van der Waals surface area contributed by atoms with Crippen molar-refractivity contribution >= 4 is 12.2 Å². The Kier molecular flexibility index (Phi) is 25.2. The minimum atomic E-state index is -0.0699. The van der Waals surface area contributed by atoms with E-state index in [1.165, 1.54) is 77.7 Å². The molecule has 4 aliphatic carbocycles.